The van der Waals surface area contributed by atoms with E-state index in [4.69, 9.17) is 4.74 Å². The SMILES string of the molecule is CCNC(=NCc1ncc(C)s1)NCCC(OCC)C(C)C. The van der Waals surface area contributed by atoms with E-state index in [0.717, 1.165) is 37.1 Å². The number of hydrogen-bond acceptors (Lipinski definition) is 4. The summed E-state index contributed by atoms with van der Waals surface area (Å²) in [7, 11) is 0. The molecule has 0 aliphatic carbocycles. The number of nitrogens with one attached hydrogen (secondary N) is 2. The van der Waals surface area contributed by atoms with Gasteiger partial charge in [0.15, 0.2) is 5.96 Å². The van der Waals surface area contributed by atoms with E-state index >= 15 is 0 Å². The van der Waals surface area contributed by atoms with Gasteiger partial charge in [0.2, 0.25) is 0 Å². The number of thiazole rings is 1. The first-order chi connectivity index (χ1) is 10.6. The van der Waals surface area contributed by atoms with Gasteiger partial charge >= 0.3 is 0 Å². The molecule has 0 saturated carbocycles. The Morgan fingerprint density at radius 3 is 2.68 bits per heavy atom. The van der Waals surface area contributed by atoms with Gasteiger partial charge in [-0.1, -0.05) is 13.8 Å². The molecule has 0 spiro atoms. The van der Waals surface area contributed by atoms with E-state index in [1.54, 1.807) is 11.3 Å². The summed E-state index contributed by atoms with van der Waals surface area (Å²) in [6.45, 7) is 13.7. The zero-order chi connectivity index (χ0) is 16.4. The Kier molecular flexibility index (Phi) is 9.08. The van der Waals surface area contributed by atoms with Crippen molar-refractivity contribution in [3.05, 3.63) is 16.1 Å². The first kappa shape index (κ1) is 18.9. The van der Waals surface area contributed by atoms with Crippen LogP contribution in [0.15, 0.2) is 11.2 Å². The Morgan fingerprint density at radius 2 is 2.14 bits per heavy atom. The van der Waals surface area contributed by atoms with Crippen LogP contribution in [-0.2, 0) is 11.3 Å². The van der Waals surface area contributed by atoms with E-state index in [-0.39, 0.29) is 0 Å². The number of aromatic nitrogens is 1. The van der Waals surface area contributed by atoms with Crippen molar-refractivity contribution in [3.63, 3.8) is 0 Å². The van der Waals surface area contributed by atoms with Crippen molar-refractivity contribution in [1.29, 1.82) is 0 Å². The van der Waals surface area contributed by atoms with Crippen LogP contribution < -0.4 is 10.6 Å². The fourth-order valence-electron chi connectivity index (χ4n) is 2.12. The maximum Gasteiger partial charge on any atom is 0.191 e. The summed E-state index contributed by atoms with van der Waals surface area (Å²) in [5.74, 6) is 1.37. The zero-order valence-electron chi connectivity index (χ0n) is 14.5. The molecule has 5 nitrogen and oxygen atoms in total. The first-order valence-corrected chi connectivity index (χ1v) is 8.93. The molecule has 2 N–H and O–H groups in total. The minimum absolute atomic E-state index is 0.294. The topological polar surface area (TPSA) is 58.5 Å². The Morgan fingerprint density at radius 1 is 1.36 bits per heavy atom. The highest BCUT2D eigenvalue weighted by atomic mass is 32.1. The first-order valence-electron chi connectivity index (χ1n) is 8.11. The highest BCUT2D eigenvalue weighted by Gasteiger charge is 2.12. The van der Waals surface area contributed by atoms with Gasteiger partial charge in [-0.2, -0.15) is 0 Å². The molecule has 0 aliphatic heterocycles. The van der Waals surface area contributed by atoms with Crippen LogP contribution in [0.3, 0.4) is 0 Å². The molecule has 0 saturated heterocycles. The molecular formula is C16H30N4OS. The van der Waals surface area contributed by atoms with E-state index in [1.807, 2.05) is 13.1 Å². The molecule has 0 fully saturated rings. The normalized spacial score (nSPS) is 13.5. The predicted molar refractivity (Wildman–Crippen MR) is 94.5 cm³/mol. The van der Waals surface area contributed by atoms with E-state index in [2.05, 4.69) is 48.3 Å². The van der Waals surface area contributed by atoms with E-state index in [9.17, 15) is 0 Å². The van der Waals surface area contributed by atoms with Crippen LogP contribution in [0.25, 0.3) is 0 Å². The molecule has 6 heteroatoms. The van der Waals surface area contributed by atoms with Crippen molar-refractivity contribution in [3.8, 4) is 0 Å². The molecule has 0 aromatic carbocycles. The van der Waals surface area contributed by atoms with Crippen molar-refractivity contribution in [2.24, 2.45) is 10.9 Å². The van der Waals surface area contributed by atoms with Crippen LogP contribution >= 0.6 is 11.3 Å². The second kappa shape index (κ2) is 10.6. The Hall–Kier alpha value is -1.14. The molecule has 126 valence electrons. The summed E-state index contributed by atoms with van der Waals surface area (Å²) in [5.41, 5.74) is 0. The summed E-state index contributed by atoms with van der Waals surface area (Å²) >= 11 is 1.69. The van der Waals surface area contributed by atoms with Crippen molar-refractivity contribution >= 4 is 17.3 Å². The maximum atomic E-state index is 5.77. The summed E-state index contributed by atoms with van der Waals surface area (Å²) in [5, 5.41) is 7.69. The number of aryl methyl sites for hydroxylation is 1. The molecule has 1 aromatic heterocycles. The van der Waals surface area contributed by atoms with Gasteiger partial charge in [-0.25, -0.2) is 9.98 Å². The lowest BCUT2D eigenvalue weighted by Gasteiger charge is -2.21. The summed E-state index contributed by atoms with van der Waals surface area (Å²) in [4.78, 5) is 10.1. The third-order valence-electron chi connectivity index (χ3n) is 3.23. The van der Waals surface area contributed by atoms with Crippen LogP contribution in [0, 0.1) is 12.8 Å². The molecule has 22 heavy (non-hydrogen) atoms. The largest absolute Gasteiger partial charge is 0.378 e. The minimum atomic E-state index is 0.294. The molecule has 1 heterocycles. The Balaban J connectivity index is 2.45. The number of rotatable bonds is 9. The van der Waals surface area contributed by atoms with Crippen LogP contribution in [0.1, 0.15) is 44.0 Å². The van der Waals surface area contributed by atoms with Crippen LogP contribution in [0.4, 0.5) is 0 Å². The minimum Gasteiger partial charge on any atom is -0.378 e. The Bertz CT molecular complexity index is 445. The molecule has 1 rings (SSSR count). The van der Waals surface area contributed by atoms with Gasteiger partial charge in [-0.05, 0) is 33.1 Å². The highest BCUT2D eigenvalue weighted by molar-refractivity contribution is 7.11. The van der Waals surface area contributed by atoms with Gasteiger partial charge < -0.3 is 15.4 Å². The molecule has 1 unspecified atom stereocenters. The number of guanidine groups is 1. The van der Waals surface area contributed by atoms with Crippen molar-refractivity contribution < 1.29 is 4.74 Å². The fraction of sp³-hybridized carbons (Fsp3) is 0.750. The second-order valence-electron chi connectivity index (χ2n) is 5.51. The molecule has 0 bridgehead atoms. The van der Waals surface area contributed by atoms with Gasteiger partial charge in [0.1, 0.15) is 5.01 Å². The van der Waals surface area contributed by atoms with Crippen LogP contribution in [0.2, 0.25) is 0 Å². The highest BCUT2D eigenvalue weighted by Crippen LogP contribution is 2.12. The summed E-state index contributed by atoms with van der Waals surface area (Å²) < 4.78 is 5.77. The number of ether oxygens (including phenoxy) is 1. The van der Waals surface area contributed by atoms with E-state index in [1.165, 1.54) is 4.88 Å². The fourth-order valence-corrected chi connectivity index (χ4v) is 2.83. The number of hydrogen-bond donors (Lipinski definition) is 2. The van der Waals surface area contributed by atoms with Crippen LogP contribution in [-0.4, -0.2) is 36.7 Å². The standard InChI is InChI=1S/C16H30N4OS/c1-6-17-16(20-11-15-19-10-13(5)22-15)18-9-8-14(12(3)4)21-7-2/h10,12,14H,6-9,11H2,1-5H3,(H2,17,18,20). The third kappa shape index (κ3) is 7.22. The molecule has 0 amide bonds. The van der Waals surface area contributed by atoms with Gasteiger partial charge in [0.25, 0.3) is 0 Å². The zero-order valence-corrected chi connectivity index (χ0v) is 15.3. The lowest BCUT2D eigenvalue weighted by atomic mass is 10.0. The van der Waals surface area contributed by atoms with Gasteiger partial charge in [0.05, 0.1) is 12.6 Å². The molecule has 1 atom stereocenters. The monoisotopic (exact) mass is 326 g/mol. The predicted octanol–water partition coefficient (Wildman–Crippen LogP) is 2.96. The van der Waals surface area contributed by atoms with Crippen molar-refractivity contribution in [2.45, 2.75) is 53.7 Å². The molecule has 0 radical (unpaired) electrons. The molecular weight excluding hydrogens is 296 g/mol. The average Bonchev–Trinajstić information content (AvgIpc) is 2.89. The number of aliphatic imine (C=N–C) groups is 1. The third-order valence-corrected chi connectivity index (χ3v) is 4.13. The Labute approximate surface area is 138 Å². The quantitative estimate of drug-likeness (QED) is 0.541. The van der Waals surface area contributed by atoms with Gasteiger partial charge in [-0.15, -0.1) is 11.3 Å². The summed E-state index contributed by atoms with van der Waals surface area (Å²) in [6.07, 6.45) is 3.17. The number of nitrogens with zero attached hydrogens (tertiary/aromatic N) is 2. The summed E-state index contributed by atoms with van der Waals surface area (Å²) in [6, 6.07) is 0. The molecule has 1 aromatic rings. The van der Waals surface area contributed by atoms with Crippen molar-refractivity contribution in [2.75, 3.05) is 19.7 Å². The average molecular weight is 327 g/mol. The second-order valence-corrected chi connectivity index (χ2v) is 6.83. The maximum absolute atomic E-state index is 5.77. The van der Waals surface area contributed by atoms with Crippen molar-refractivity contribution in [1.82, 2.24) is 15.6 Å². The smallest absolute Gasteiger partial charge is 0.191 e. The van der Waals surface area contributed by atoms with Crippen LogP contribution in [0.5, 0.6) is 0 Å². The van der Waals surface area contributed by atoms with Gasteiger partial charge in [0, 0.05) is 30.8 Å². The molecule has 0 aliphatic rings. The van der Waals surface area contributed by atoms with E-state index in [0.29, 0.717) is 18.6 Å². The van der Waals surface area contributed by atoms with Gasteiger partial charge in [-0.3, -0.25) is 0 Å². The lowest BCUT2D eigenvalue weighted by molar-refractivity contribution is 0.0258. The lowest BCUT2D eigenvalue weighted by Crippen LogP contribution is -2.39. The van der Waals surface area contributed by atoms with E-state index < -0.39 is 0 Å².